The Morgan fingerprint density at radius 1 is 1.10 bits per heavy atom. The minimum Gasteiger partial charge on any atom is -0.356 e. The molecule has 0 spiro atoms. The summed E-state index contributed by atoms with van der Waals surface area (Å²) in [5.74, 6) is 0.841. The number of nitrogens with zero attached hydrogens (tertiary/aromatic N) is 2. The Bertz CT molecular complexity index is 890. The van der Waals surface area contributed by atoms with Gasteiger partial charge in [-0.2, -0.15) is 13.2 Å². The van der Waals surface area contributed by atoms with Crippen LogP contribution in [0.5, 0.6) is 0 Å². The molecule has 2 aliphatic rings. The third-order valence-electron chi connectivity index (χ3n) is 5.62. The molecule has 1 saturated heterocycles. The number of rotatable bonds is 3. The fourth-order valence-corrected chi connectivity index (χ4v) is 4.38. The van der Waals surface area contributed by atoms with E-state index in [0.717, 1.165) is 18.9 Å². The first-order chi connectivity index (χ1) is 13.8. The normalized spacial score (nSPS) is 23.7. The van der Waals surface area contributed by atoms with E-state index in [-0.39, 0.29) is 18.0 Å². The summed E-state index contributed by atoms with van der Waals surface area (Å²) in [7, 11) is 0. The molecule has 0 radical (unpaired) electrons. The quantitative estimate of drug-likeness (QED) is 0.744. The first-order valence-electron chi connectivity index (χ1n) is 9.42. The molecular weight excluding hydrogens is 405 g/mol. The Balaban J connectivity index is 1.38. The topological polar surface area (TPSA) is 57.3 Å². The van der Waals surface area contributed by atoms with Crippen molar-refractivity contribution in [1.82, 2.24) is 10.3 Å². The monoisotopic (exact) mass is 424 g/mol. The van der Waals surface area contributed by atoms with Gasteiger partial charge in [-0.25, -0.2) is 9.78 Å². The Kier molecular flexibility index (Phi) is 5.29. The predicted octanol–water partition coefficient (Wildman–Crippen LogP) is 4.79. The van der Waals surface area contributed by atoms with E-state index in [4.69, 9.17) is 11.6 Å². The van der Waals surface area contributed by atoms with Gasteiger partial charge in [-0.15, -0.1) is 0 Å². The van der Waals surface area contributed by atoms with Crippen molar-refractivity contribution in [3.63, 3.8) is 0 Å². The van der Waals surface area contributed by atoms with Crippen molar-refractivity contribution in [3.05, 3.63) is 53.2 Å². The number of aromatic nitrogens is 1. The fraction of sp³-hybridized carbons (Fsp3) is 0.400. The van der Waals surface area contributed by atoms with Crippen LogP contribution in [-0.4, -0.2) is 30.1 Å². The number of benzene rings is 1. The predicted molar refractivity (Wildman–Crippen MR) is 105 cm³/mol. The molecule has 2 aromatic rings. The molecule has 1 aromatic carbocycles. The summed E-state index contributed by atoms with van der Waals surface area (Å²) in [6.07, 6.45) is -2.69. The van der Waals surface area contributed by atoms with Gasteiger partial charge in [0.1, 0.15) is 11.5 Å². The van der Waals surface area contributed by atoms with Crippen molar-refractivity contribution in [2.45, 2.75) is 25.1 Å². The number of pyridine rings is 1. The Labute approximate surface area is 171 Å². The molecule has 5 nitrogen and oxygen atoms in total. The molecular formula is C20H20ClF3N4O. The lowest BCUT2D eigenvalue weighted by molar-refractivity contribution is -0.141. The zero-order valence-corrected chi connectivity index (χ0v) is 16.2. The van der Waals surface area contributed by atoms with E-state index in [0.29, 0.717) is 35.5 Å². The standard InChI is InChI=1S/C20H20ClF3N4O/c21-13-5-7-14(8-6-13)25-19(29)26-16-9-4-12-10-28(11-15(12)16)18-3-1-2-17(27-18)20(22,23)24/h1-3,5-8,12,15-16H,4,9-11H2,(H2,25,26,29)/t12-,15?,16?/m1/s1. The van der Waals surface area contributed by atoms with E-state index < -0.39 is 11.9 Å². The van der Waals surface area contributed by atoms with E-state index >= 15 is 0 Å². The van der Waals surface area contributed by atoms with Crippen LogP contribution in [0.4, 0.5) is 29.5 Å². The van der Waals surface area contributed by atoms with Crippen LogP contribution in [0.2, 0.25) is 5.02 Å². The number of hydrogen-bond acceptors (Lipinski definition) is 3. The molecule has 0 bridgehead atoms. The lowest BCUT2D eigenvalue weighted by Gasteiger charge is -2.23. The minimum absolute atomic E-state index is 0.0249. The third-order valence-corrected chi connectivity index (χ3v) is 5.88. The highest BCUT2D eigenvalue weighted by molar-refractivity contribution is 6.30. The number of fused-ring (bicyclic) bond motifs is 1. The van der Waals surface area contributed by atoms with Crippen LogP contribution >= 0.6 is 11.6 Å². The highest BCUT2D eigenvalue weighted by atomic mass is 35.5. The summed E-state index contributed by atoms with van der Waals surface area (Å²) < 4.78 is 38.8. The molecule has 154 valence electrons. The first kappa shape index (κ1) is 19.8. The number of carbonyl (C=O) groups excluding carboxylic acids is 1. The number of amides is 2. The van der Waals surface area contributed by atoms with Gasteiger partial charge in [-0.1, -0.05) is 17.7 Å². The zero-order chi connectivity index (χ0) is 20.6. The molecule has 2 amide bonds. The molecule has 1 saturated carbocycles. The zero-order valence-electron chi connectivity index (χ0n) is 15.4. The summed E-state index contributed by atoms with van der Waals surface area (Å²) in [6, 6.07) is 10.5. The largest absolute Gasteiger partial charge is 0.433 e. The number of anilines is 2. The molecule has 2 fully saturated rings. The van der Waals surface area contributed by atoms with E-state index in [1.807, 2.05) is 4.90 Å². The molecule has 2 heterocycles. The molecule has 29 heavy (non-hydrogen) atoms. The van der Waals surface area contributed by atoms with Crippen LogP contribution < -0.4 is 15.5 Å². The van der Waals surface area contributed by atoms with Crippen molar-refractivity contribution in [2.75, 3.05) is 23.3 Å². The molecule has 2 N–H and O–H groups in total. The first-order valence-corrected chi connectivity index (χ1v) is 9.80. The Morgan fingerprint density at radius 2 is 1.86 bits per heavy atom. The SMILES string of the molecule is O=C(Nc1ccc(Cl)cc1)NC1CC[C@@H]2CN(c3cccc(C(F)(F)F)n3)CC12. The number of carbonyl (C=O) groups is 1. The van der Waals surface area contributed by atoms with Gasteiger partial charge in [-0.05, 0) is 55.2 Å². The smallest absolute Gasteiger partial charge is 0.356 e. The summed E-state index contributed by atoms with van der Waals surface area (Å²) >= 11 is 5.84. The highest BCUT2D eigenvalue weighted by Crippen LogP contribution is 2.40. The van der Waals surface area contributed by atoms with Crippen molar-refractivity contribution >= 4 is 29.1 Å². The van der Waals surface area contributed by atoms with Gasteiger partial charge in [0.05, 0.1) is 0 Å². The van der Waals surface area contributed by atoms with Gasteiger partial charge in [0, 0.05) is 35.8 Å². The van der Waals surface area contributed by atoms with Crippen LogP contribution in [0, 0.1) is 11.8 Å². The van der Waals surface area contributed by atoms with Crippen LogP contribution in [0.1, 0.15) is 18.5 Å². The Morgan fingerprint density at radius 3 is 2.59 bits per heavy atom. The van der Waals surface area contributed by atoms with Crippen molar-refractivity contribution in [1.29, 1.82) is 0 Å². The van der Waals surface area contributed by atoms with Gasteiger partial charge in [0.25, 0.3) is 0 Å². The highest BCUT2D eigenvalue weighted by Gasteiger charge is 2.44. The maximum atomic E-state index is 12.9. The molecule has 3 atom stereocenters. The van der Waals surface area contributed by atoms with Crippen molar-refractivity contribution in [2.24, 2.45) is 11.8 Å². The van der Waals surface area contributed by atoms with Gasteiger partial charge >= 0.3 is 12.2 Å². The second kappa shape index (κ2) is 7.74. The van der Waals surface area contributed by atoms with Crippen LogP contribution in [0.3, 0.4) is 0 Å². The summed E-state index contributed by atoms with van der Waals surface area (Å²) in [5.41, 5.74) is -0.244. The van der Waals surface area contributed by atoms with Crippen molar-refractivity contribution in [3.8, 4) is 0 Å². The number of hydrogen-bond donors (Lipinski definition) is 2. The number of halogens is 4. The maximum Gasteiger partial charge on any atom is 0.433 e. The number of nitrogens with one attached hydrogen (secondary N) is 2. The molecule has 4 rings (SSSR count). The van der Waals surface area contributed by atoms with Crippen LogP contribution in [-0.2, 0) is 6.18 Å². The van der Waals surface area contributed by atoms with Gasteiger partial charge < -0.3 is 15.5 Å². The molecule has 2 unspecified atom stereocenters. The van der Waals surface area contributed by atoms with Gasteiger partial charge in [-0.3, -0.25) is 0 Å². The minimum atomic E-state index is -4.46. The average molecular weight is 425 g/mol. The van der Waals surface area contributed by atoms with Crippen LogP contribution in [0.25, 0.3) is 0 Å². The maximum absolute atomic E-state index is 12.9. The number of urea groups is 1. The average Bonchev–Trinajstić information content (AvgIpc) is 3.25. The van der Waals surface area contributed by atoms with E-state index in [9.17, 15) is 18.0 Å². The lowest BCUT2D eigenvalue weighted by atomic mass is 9.98. The summed E-state index contributed by atoms with van der Waals surface area (Å²) in [5, 5.41) is 6.38. The number of alkyl halides is 3. The van der Waals surface area contributed by atoms with E-state index in [1.165, 1.54) is 6.07 Å². The second-order valence-electron chi connectivity index (χ2n) is 7.50. The molecule has 9 heteroatoms. The summed E-state index contributed by atoms with van der Waals surface area (Å²) in [6.45, 7) is 1.22. The van der Waals surface area contributed by atoms with Crippen LogP contribution in [0.15, 0.2) is 42.5 Å². The summed E-state index contributed by atoms with van der Waals surface area (Å²) in [4.78, 5) is 18.0. The molecule has 1 aliphatic carbocycles. The third kappa shape index (κ3) is 4.42. The van der Waals surface area contributed by atoms with E-state index in [2.05, 4.69) is 15.6 Å². The Hall–Kier alpha value is -2.48. The lowest BCUT2D eigenvalue weighted by Crippen LogP contribution is -2.42. The second-order valence-corrected chi connectivity index (χ2v) is 7.93. The fourth-order valence-electron chi connectivity index (χ4n) is 4.26. The van der Waals surface area contributed by atoms with Gasteiger partial charge in [0.15, 0.2) is 0 Å². The van der Waals surface area contributed by atoms with E-state index in [1.54, 1.807) is 30.3 Å². The molecule has 1 aliphatic heterocycles. The van der Waals surface area contributed by atoms with Crippen molar-refractivity contribution < 1.29 is 18.0 Å². The van der Waals surface area contributed by atoms with Gasteiger partial charge in [0.2, 0.25) is 0 Å². The molecule has 1 aromatic heterocycles.